The second-order valence-electron chi connectivity index (χ2n) is 7.11. The molecule has 4 rings (SSSR count). The Kier molecular flexibility index (Phi) is 3.84. The number of amides is 1. The monoisotopic (exact) mass is 367 g/mol. The molecule has 25 heavy (non-hydrogen) atoms. The summed E-state index contributed by atoms with van der Waals surface area (Å²) in [6, 6.07) is 0. The van der Waals surface area contributed by atoms with E-state index in [1.54, 1.807) is 11.6 Å². The first-order valence-corrected chi connectivity index (χ1v) is 9.83. The van der Waals surface area contributed by atoms with Gasteiger partial charge in [-0.2, -0.15) is 4.31 Å². The smallest absolute Gasteiger partial charge is 0.269 e. The lowest BCUT2D eigenvalue weighted by Crippen LogP contribution is -2.38. The van der Waals surface area contributed by atoms with Gasteiger partial charge >= 0.3 is 0 Å². The Hall–Kier alpha value is -1.94. The van der Waals surface area contributed by atoms with Crippen LogP contribution in [0.3, 0.4) is 0 Å². The number of carbonyl (C=O) groups excluding carboxylic acids is 1. The summed E-state index contributed by atoms with van der Waals surface area (Å²) in [5.41, 5.74) is -0.397. The van der Waals surface area contributed by atoms with Gasteiger partial charge in [-0.15, -0.1) is 0 Å². The van der Waals surface area contributed by atoms with Gasteiger partial charge in [0.25, 0.3) is 15.9 Å². The molecular formula is C15H21N5O4S. The van der Waals surface area contributed by atoms with E-state index in [-0.39, 0.29) is 17.5 Å². The van der Waals surface area contributed by atoms with E-state index in [4.69, 9.17) is 4.84 Å². The summed E-state index contributed by atoms with van der Waals surface area (Å²) in [5, 5.41) is 6.82. The van der Waals surface area contributed by atoms with Crippen molar-refractivity contribution in [3.05, 3.63) is 12.5 Å². The van der Waals surface area contributed by atoms with Crippen LogP contribution in [-0.4, -0.2) is 59.1 Å². The molecule has 0 unspecified atom stereocenters. The molecule has 0 bridgehead atoms. The zero-order valence-electron chi connectivity index (χ0n) is 14.0. The number of nitrogens with one attached hydrogen (secondary N) is 1. The van der Waals surface area contributed by atoms with Gasteiger partial charge in [-0.3, -0.25) is 4.79 Å². The molecule has 1 aromatic heterocycles. The predicted molar refractivity (Wildman–Crippen MR) is 88.2 cm³/mol. The Morgan fingerprint density at radius 3 is 2.96 bits per heavy atom. The van der Waals surface area contributed by atoms with Gasteiger partial charge in [0.15, 0.2) is 10.6 Å². The van der Waals surface area contributed by atoms with Crippen LogP contribution in [-0.2, 0) is 26.7 Å². The number of imidazole rings is 1. The van der Waals surface area contributed by atoms with Crippen molar-refractivity contribution in [3.63, 3.8) is 0 Å². The van der Waals surface area contributed by atoms with Crippen molar-refractivity contribution in [1.82, 2.24) is 19.2 Å². The third-order valence-electron chi connectivity index (χ3n) is 4.92. The first kappa shape index (κ1) is 16.5. The number of aromatic nitrogens is 2. The topological polar surface area (TPSA) is 106 Å². The first-order chi connectivity index (χ1) is 11.9. The molecule has 1 N–H and O–H groups in total. The fourth-order valence-corrected chi connectivity index (χ4v) is 4.67. The number of hydrogen-bond donors (Lipinski definition) is 1. The highest BCUT2D eigenvalue weighted by Gasteiger charge is 2.50. The number of hydrogen-bond acceptors (Lipinski definition) is 6. The van der Waals surface area contributed by atoms with Crippen LogP contribution in [0.4, 0.5) is 0 Å². The third kappa shape index (κ3) is 3.15. The quantitative estimate of drug-likeness (QED) is 0.779. The molecule has 1 amide bonds. The van der Waals surface area contributed by atoms with Gasteiger partial charge < -0.3 is 14.7 Å². The Labute approximate surface area is 146 Å². The molecule has 10 heteroatoms. The molecule has 1 saturated heterocycles. The molecule has 9 nitrogen and oxygen atoms in total. The summed E-state index contributed by atoms with van der Waals surface area (Å²) in [4.78, 5) is 21.6. The minimum atomic E-state index is -3.66. The van der Waals surface area contributed by atoms with Crippen LogP contribution >= 0.6 is 0 Å². The van der Waals surface area contributed by atoms with Crippen LogP contribution in [0.25, 0.3) is 0 Å². The van der Waals surface area contributed by atoms with Crippen LogP contribution in [0.1, 0.15) is 25.7 Å². The van der Waals surface area contributed by atoms with Crippen molar-refractivity contribution in [2.24, 2.45) is 18.1 Å². The summed E-state index contributed by atoms with van der Waals surface area (Å²) >= 11 is 0. The van der Waals surface area contributed by atoms with Gasteiger partial charge in [0, 0.05) is 39.2 Å². The summed E-state index contributed by atoms with van der Waals surface area (Å²) in [6.45, 7) is 1.17. The molecule has 0 radical (unpaired) electrons. The van der Waals surface area contributed by atoms with Crippen molar-refractivity contribution in [3.8, 4) is 0 Å². The Bertz CT molecular complexity index is 829. The normalized spacial score (nSPS) is 26.7. The van der Waals surface area contributed by atoms with Crippen molar-refractivity contribution < 1.29 is 18.0 Å². The lowest BCUT2D eigenvalue weighted by Gasteiger charge is -2.21. The summed E-state index contributed by atoms with van der Waals surface area (Å²) < 4.78 is 28.3. The van der Waals surface area contributed by atoms with Crippen LogP contribution in [0.15, 0.2) is 22.7 Å². The van der Waals surface area contributed by atoms with E-state index >= 15 is 0 Å². The van der Waals surface area contributed by atoms with Crippen molar-refractivity contribution in [2.75, 3.05) is 19.6 Å². The molecule has 1 spiro atoms. The van der Waals surface area contributed by atoms with E-state index in [1.165, 1.54) is 16.8 Å². The van der Waals surface area contributed by atoms with Crippen LogP contribution in [0.2, 0.25) is 0 Å². The molecule has 1 saturated carbocycles. The van der Waals surface area contributed by atoms with Gasteiger partial charge in [-0.25, -0.2) is 13.4 Å². The summed E-state index contributed by atoms with van der Waals surface area (Å²) in [7, 11) is -1.94. The van der Waals surface area contributed by atoms with Crippen molar-refractivity contribution in [2.45, 2.75) is 36.3 Å². The molecule has 136 valence electrons. The minimum Gasteiger partial charge on any atom is -0.387 e. The minimum absolute atomic E-state index is 0.0216. The average Bonchev–Trinajstić information content (AvgIpc) is 2.98. The largest absolute Gasteiger partial charge is 0.387 e. The maximum absolute atomic E-state index is 12.7. The van der Waals surface area contributed by atoms with Gasteiger partial charge in [-0.05, 0) is 18.8 Å². The van der Waals surface area contributed by atoms with Gasteiger partial charge in [-0.1, -0.05) is 5.16 Å². The Morgan fingerprint density at radius 2 is 2.28 bits per heavy atom. The SMILES string of the molecule is Cn1cnc(S(=O)(=O)N2CC[C@]3(CC(C(=O)NCC4CC4)=NO3)C2)c1. The highest BCUT2D eigenvalue weighted by atomic mass is 32.2. The maximum Gasteiger partial charge on any atom is 0.269 e. The highest BCUT2D eigenvalue weighted by Crippen LogP contribution is 2.36. The molecule has 3 aliphatic rings. The molecule has 2 aliphatic heterocycles. The molecular weight excluding hydrogens is 346 g/mol. The fourth-order valence-electron chi connectivity index (χ4n) is 3.19. The Balaban J connectivity index is 1.40. The number of carbonyl (C=O) groups is 1. The second-order valence-corrected chi connectivity index (χ2v) is 8.99. The second kappa shape index (κ2) is 5.80. The number of aryl methyl sites for hydroxylation is 1. The highest BCUT2D eigenvalue weighted by molar-refractivity contribution is 7.89. The van der Waals surface area contributed by atoms with Crippen LogP contribution in [0, 0.1) is 5.92 Å². The predicted octanol–water partition coefficient (Wildman–Crippen LogP) is -0.144. The van der Waals surface area contributed by atoms with E-state index in [0.29, 0.717) is 37.6 Å². The third-order valence-corrected chi connectivity index (χ3v) is 6.65. The number of nitrogens with zero attached hydrogens (tertiary/aromatic N) is 4. The fraction of sp³-hybridized carbons (Fsp3) is 0.667. The van der Waals surface area contributed by atoms with Gasteiger partial charge in [0.1, 0.15) is 5.71 Å². The molecule has 0 aromatic carbocycles. The number of oxime groups is 1. The van der Waals surface area contributed by atoms with E-state index < -0.39 is 15.6 Å². The van der Waals surface area contributed by atoms with Crippen LogP contribution < -0.4 is 5.32 Å². The van der Waals surface area contributed by atoms with E-state index in [9.17, 15) is 13.2 Å². The molecule has 2 fully saturated rings. The summed E-state index contributed by atoms with van der Waals surface area (Å²) in [6.07, 6.45) is 6.08. The van der Waals surface area contributed by atoms with Crippen molar-refractivity contribution in [1.29, 1.82) is 0 Å². The van der Waals surface area contributed by atoms with Crippen molar-refractivity contribution >= 4 is 21.6 Å². The van der Waals surface area contributed by atoms with Gasteiger partial charge in [0.2, 0.25) is 0 Å². The zero-order valence-corrected chi connectivity index (χ0v) is 14.8. The van der Waals surface area contributed by atoms with Crippen LogP contribution in [0.5, 0.6) is 0 Å². The maximum atomic E-state index is 12.7. The number of sulfonamides is 1. The molecule has 1 aliphatic carbocycles. The van der Waals surface area contributed by atoms with E-state index in [2.05, 4.69) is 15.5 Å². The Morgan fingerprint density at radius 1 is 1.48 bits per heavy atom. The summed E-state index contributed by atoms with van der Waals surface area (Å²) in [5.74, 6) is 0.376. The first-order valence-electron chi connectivity index (χ1n) is 8.39. The standard InChI is InChI=1S/C15H21N5O4S/c1-19-8-13(17-10-19)25(22,23)20-5-4-15(9-20)6-12(18-24-15)14(21)16-7-11-2-3-11/h8,10-11H,2-7,9H2,1H3,(H,16,21)/t15-/m0/s1. The molecule has 1 aromatic rings. The zero-order chi connectivity index (χ0) is 17.7. The lowest BCUT2D eigenvalue weighted by atomic mass is 9.96. The van der Waals surface area contributed by atoms with Gasteiger partial charge in [0.05, 0.1) is 12.9 Å². The molecule has 3 heterocycles. The average molecular weight is 367 g/mol. The molecule has 1 atom stereocenters. The van der Waals surface area contributed by atoms with E-state index in [0.717, 1.165) is 12.8 Å². The lowest BCUT2D eigenvalue weighted by molar-refractivity contribution is -0.115. The van der Waals surface area contributed by atoms with E-state index in [1.807, 2.05) is 0 Å². The number of rotatable bonds is 5.